The van der Waals surface area contributed by atoms with E-state index in [4.69, 9.17) is 18.9 Å². The first-order valence-corrected chi connectivity index (χ1v) is 11.8. The molecule has 1 saturated heterocycles. The molecule has 7 atom stereocenters. The molecule has 1 aliphatic heterocycles. The summed E-state index contributed by atoms with van der Waals surface area (Å²) >= 11 is 0. The second kappa shape index (κ2) is 8.26. The van der Waals surface area contributed by atoms with Crippen LogP contribution in [0.4, 0.5) is 0 Å². The molecule has 0 bridgehead atoms. The van der Waals surface area contributed by atoms with Crippen LogP contribution in [0.15, 0.2) is 11.6 Å². The van der Waals surface area contributed by atoms with Crippen molar-refractivity contribution in [3.8, 4) is 0 Å². The normalized spacial score (nSPS) is 42.3. The van der Waals surface area contributed by atoms with Crippen molar-refractivity contribution in [2.45, 2.75) is 84.2 Å². The number of methoxy groups -OCH3 is 2. The van der Waals surface area contributed by atoms with E-state index in [9.17, 15) is 0 Å². The van der Waals surface area contributed by atoms with E-state index >= 15 is 0 Å². The molecule has 4 aliphatic rings. The van der Waals surface area contributed by atoms with Crippen LogP contribution in [0, 0.1) is 35.0 Å². The van der Waals surface area contributed by atoms with Crippen LogP contribution in [0.5, 0.6) is 0 Å². The van der Waals surface area contributed by atoms with Gasteiger partial charge >= 0.3 is 0 Å². The molecule has 4 rings (SSSR count). The fourth-order valence-electron chi connectivity index (χ4n) is 7.73. The SMILES string of the molecule is COC1CCC2C(=CCC(C3CCC(C4(C)OCCO4)C3(C)C)C2C(C)OC)C1. The van der Waals surface area contributed by atoms with E-state index in [0.717, 1.165) is 19.6 Å². The van der Waals surface area contributed by atoms with Crippen molar-refractivity contribution in [2.75, 3.05) is 27.4 Å². The molecule has 4 heteroatoms. The van der Waals surface area contributed by atoms with E-state index < -0.39 is 5.79 Å². The van der Waals surface area contributed by atoms with Crippen molar-refractivity contribution in [3.63, 3.8) is 0 Å². The van der Waals surface area contributed by atoms with Crippen LogP contribution in [0.1, 0.15) is 66.2 Å². The number of fused-ring (bicyclic) bond motifs is 1. The summed E-state index contributed by atoms with van der Waals surface area (Å²) in [5, 5.41) is 0. The van der Waals surface area contributed by atoms with Gasteiger partial charge in [-0.05, 0) is 81.5 Å². The highest BCUT2D eigenvalue weighted by Crippen LogP contribution is 2.60. The summed E-state index contributed by atoms with van der Waals surface area (Å²) in [6.45, 7) is 10.9. The average molecular weight is 407 g/mol. The predicted octanol–water partition coefficient (Wildman–Crippen LogP) is 5.21. The summed E-state index contributed by atoms with van der Waals surface area (Å²) in [7, 11) is 3.76. The van der Waals surface area contributed by atoms with Gasteiger partial charge in [-0.1, -0.05) is 25.5 Å². The summed E-state index contributed by atoms with van der Waals surface area (Å²) in [6, 6.07) is 0. The second-order valence-electron chi connectivity index (χ2n) is 10.7. The molecular weight excluding hydrogens is 364 g/mol. The summed E-state index contributed by atoms with van der Waals surface area (Å²) in [5.74, 6) is 2.64. The third-order valence-electron chi connectivity index (χ3n) is 9.23. The fraction of sp³-hybridized carbons (Fsp3) is 0.920. The van der Waals surface area contributed by atoms with Crippen LogP contribution in [-0.4, -0.2) is 45.4 Å². The lowest BCUT2D eigenvalue weighted by molar-refractivity contribution is -0.205. The monoisotopic (exact) mass is 406 g/mol. The second-order valence-corrected chi connectivity index (χ2v) is 10.7. The molecular formula is C25H42O4. The zero-order valence-corrected chi connectivity index (χ0v) is 19.4. The van der Waals surface area contributed by atoms with E-state index in [1.54, 1.807) is 5.57 Å². The van der Waals surface area contributed by atoms with Gasteiger partial charge in [0.05, 0.1) is 25.4 Å². The van der Waals surface area contributed by atoms with E-state index in [2.05, 4.69) is 33.8 Å². The number of hydrogen-bond acceptors (Lipinski definition) is 4. The van der Waals surface area contributed by atoms with Gasteiger partial charge in [-0.3, -0.25) is 0 Å². The first kappa shape index (κ1) is 21.8. The van der Waals surface area contributed by atoms with Gasteiger partial charge in [0.25, 0.3) is 0 Å². The van der Waals surface area contributed by atoms with Crippen molar-refractivity contribution in [1.29, 1.82) is 0 Å². The molecule has 166 valence electrons. The number of ether oxygens (including phenoxy) is 4. The minimum absolute atomic E-state index is 0.199. The Labute approximate surface area is 177 Å². The molecule has 0 N–H and O–H groups in total. The molecule has 0 spiro atoms. The molecule has 2 saturated carbocycles. The van der Waals surface area contributed by atoms with E-state index in [1.807, 2.05) is 14.2 Å². The molecule has 0 radical (unpaired) electrons. The zero-order valence-electron chi connectivity index (χ0n) is 19.4. The van der Waals surface area contributed by atoms with Crippen LogP contribution in [-0.2, 0) is 18.9 Å². The largest absolute Gasteiger partial charge is 0.381 e. The molecule has 3 fully saturated rings. The van der Waals surface area contributed by atoms with Gasteiger partial charge in [-0.25, -0.2) is 0 Å². The number of hydrogen-bond donors (Lipinski definition) is 0. The highest BCUT2D eigenvalue weighted by atomic mass is 16.7. The highest BCUT2D eigenvalue weighted by Gasteiger charge is 2.57. The maximum atomic E-state index is 6.13. The molecule has 0 aromatic heterocycles. The molecule has 4 nitrogen and oxygen atoms in total. The Hall–Kier alpha value is -0.420. The van der Waals surface area contributed by atoms with Crippen molar-refractivity contribution in [1.82, 2.24) is 0 Å². The topological polar surface area (TPSA) is 36.9 Å². The smallest absolute Gasteiger partial charge is 0.169 e. The maximum absolute atomic E-state index is 6.13. The Bertz CT molecular complexity index is 606. The lowest BCUT2D eigenvalue weighted by Crippen LogP contribution is -2.48. The summed E-state index contributed by atoms with van der Waals surface area (Å²) in [5.41, 5.74) is 1.83. The van der Waals surface area contributed by atoms with Crippen molar-refractivity contribution in [3.05, 3.63) is 11.6 Å². The lowest BCUT2D eigenvalue weighted by atomic mass is 9.57. The molecule has 0 aromatic carbocycles. The van der Waals surface area contributed by atoms with Crippen LogP contribution in [0.25, 0.3) is 0 Å². The van der Waals surface area contributed by atoms with Gasteiger partial charge in [0.15, 0.2) is 5.79 Å². The van der Waals surface area contributed by atoms with Crippen LogP contribution in [0.3, 0.4) is 0 Å². The van der Waals surface area contributed by atoms with Gasteiger partial charge in [-0.2, -0.15) is 0 Å². The maximum Gasteiger partial charge on any atom is 0.169 e. The van der Waals surface area contributed by atoms with Crippen molar-refractivity contribution >= 4 is 0 Å². The lowest BCUT2D eigenvalue weighted by Gasteiger charge is -2.50. The molecule has 7 unspecified atom stereocenters. The fourth-order valence-corrected chi connectivity index (χ4v) is 7.73. The van der Waals surface area contributed by atoms with Crippen molar-refractivity contribution in [2.24, 2.45) is 35.0 Å². The third-order valence-corrected chi connectivity index (χ3v) is 9.23. The molecule has 1 heterocycles. The van der Waals surface area contributed by atoms with Crippen LogP contribution >= 0.6 is 0 Å². The van der Waals surface area contributed by atoms with E-state index in [1.165, 1.54) is 32.1 Å². The zero-order chi connectivity index (χ0) is 20.8. The Morgan fingerprint density at radius 2 is 1.76 bits per heavy atom. The third kappa shape index (κ3) is 3.73. The van der Waals surface area contributed by atoms with Gasteiger partial charge in [0.2, 0.25) is 0 Å². The molecule has 0 aromatic rings. The summed E-state index contributed by atoms with van der Waals surface area (Å²) < 4.78 is 23.9. The van der Waals surface area contributed by atoms with Crippen molar-refractivity contribution < 1.29 is 18.9 Å². The first-order chi connectivity index (χ1) is 13.8. The van der Waals surface area contributed by atoms with E-state index in [0.29, 0.717) is 35.7 Å². The quantitative estimate of drug-likeness (QED) is 0.587. The van der Waals surface area contributed by atoms with E-state index in [-0.39, 0.29) is 11.5 Å². The average Bonchev–Trinajstić information content (AvgIpc) is 3.29. The molecule has 29 heavy (non-hydrogen) atoms. The Balaban J connectivity index is 1.60. The van der Waals surface area contributed by atoms with Gasteiger partial charge in [-0.15, -0.1) is 0 Å². The molecule has 0 amide bonds. The minimum Gasteiger partial charge on any atom is -0.381 e. The first-order valence-electron chi connectivity index (χ1n) is 11.8. The Morgan fingerprint density at radius 3 is 2.41 bits per heavy atom. The Morgan fingerprint density at radius 1 is 1.03 bits per heavy atom. The minimum atomic E-state index is -0.410. The standard InChI is InChI=1S/C25H42O4/c1-16(26-5)23-19-10-8-18(27-6)15-17(19)7-9-20(23)21-11-12-22(24(21,2)3)25(4)28-13-14-29-25/h7,16,18-23H,8-15H2,1-6H3. The number of allylic oxidation sites excluding steroid dienone is 1. The number of rotatable bonds is 5. The van der Waals surface area contributed by atoms with Crippen LogP contribution < -0.4 is 0 Å². The van der Waals surface area contributed by atoms with Gasteiger partial charge in [0, 0.05) is 20.1 Å². The van der Waals surface area contributed by atoms with Gasteiger partial charge < -0.3 is 18.9 Å². The molecule has 3 aliphatic carbocycles. The summed E-state index contributed by atoms with van der Waals surface area (Å²) in [4.78, 5) is 0. The summed E-state index contributed by atoms with van der Waals surface area (Å²) in [6.07, 6.45) is 10.4. The predicted molar refractivity (Wildman–Crippen MR) is 115 cm³/mol. The Kier molecular flexibility index (Phi) is 6.21. The van der Waals surface area contributed by atoms with Gasteiger partial charge in [0.1, 0.15) is 0 Å². The highest BCUT2D eigenvalue weighted by molar-refractivity contribution is 5.19. The van der Waals surface area contributed by atoms with Crippen LogP contribution in [0.2, 0.25) is 0 Å².